The van der Waals surface area contributed by atoms with Gasteiger partial charge in [0.2, 0.25) is 0 Å². The molecule has 102 valence electrons. The van der Waals surface area contributed by atoms with E-state index in [0.717, 1.165) is 24.1 Å². The molecule has 2 rings (SSSR count). The summed E-state index contributed by atoms with van der Waals surface area (Å²) in [6.45, 7) is 4.29. The molecule has 0 saturated carbocycles. The van der Waals surface area contributed by atoms with Gasteiger partial charge in [-0.3, -0.25) is 0 Å². The second-order valence-electron chi connectivity index (χ2n) is 4.87. The fourth-order valence-electron chi connectivity index (χ4n) is 2.57. The van der Waals surface area contributed by atoms with Crippen molar-refractivity contribution in [2.24, 2.45) is 5.73 Å². The summed E-state index contributed by atoms with van der Waals surface area (Å²) in [6, 6.07) is 3.54. The molecule has 1 aliphatic rings. The third-order valence-electron chi connectivity index (χ3n) is 3.47. The van der Waals surface area contributed by atoms with E-state index in [4.69, 9.17) is 5.73 Å². The summed E-state index contributed by atoms with van der Waals surface area (Å²) in [5.41, 5.74) is 5.73. The van der Waals surface area contributed by atoms with Gasteiger partial charge in [0.15, 0.2) is 0 Å². The van der Waals surface area contributed by atoms with Crippen LogP contribution in [0.4, 0.5) is 0 Å². The minimum Gasteiger partial charge on any atom is -0.329 e. The molecule has 0 bridgehead atoms. The Labute approximate surface area is 113 Å². The Morgan fingerprint density at radius 1 is 1.44 bits per heavy atom. The number of rotatable bonds is 3. The zero-order valence-corrected chi connectivity index (χ0v) is 12.4. The van der Waals surface area contributed by atoms with E-state index in [1.54, 1.807) is 10.4 Å². The van der Waals surface area contributed by atoms with Crippen LogP contribution >= 0.6 is 11.3 Å². The summed E-state index contributed by atoms with van der Waals surface area (Å²) in [5.74, 6) is 0. The molecule has 6 heteroatoms. The van der Waals surface area contributed by atoms with E-state index in [9.17, 15) is 8.42 Å². The summed E-state index contributed by atoms with van der Waals surface area (Å²) in [4.78, 5) is 1.02. The van der Waals surface area contributed by atoms with E-state index in [1.165, 1.54) is 11.3 Å². The van der Waals surface area contributed by atoms with Crippen LogP contribution in [-0.4, -0.2) is 31.4 Å². The zero-order chi connectivity index (χ0) is 13.3. The highest BCUT2D eigenvalue weighted by molar-refractivity contribution is 7.91. The van der Waals surface area contributed by atoms with E-state index in [-0.39, 0.29) is 12.1 Å². The van der Waals surface area contributed by atoms with Crippen LogP contribution in [0.3, 0.4) is 0 Å². The van der Waals surface area contributed by atoms with Crippen LogP contribution in [0.25, 0.3) is 0 Å². The number of thiophene rings is 1. The smallest absolute Gasteiger partial charge is 0.253 e. The monoisotopic (exact) mass is 288 g/mol. The molecular formula is C12H20N2O2S2. The molecule has 1 aromatic heterocycles. The minimum atomic E-state index is -3.38. The summed E-state index contributed by atoms with van der Waals surface area (Å²) in [5, 5.41) is 0. The van der Waals surface area contributed by atoms with Crippen molar-refractivity contribution in [3.8, 4) is 0 Å². The van der Waals surface area contributed by atoms with Crippen LogP contribution in [0.1, 0.15) is 31.1 Å². The van der Waals surface area contributed by atoms with Crippen LogP contribution in [0.15, 0.2) is 16.3 Å². The Morgan fingerprint density at radius 3 is 2.72 bits per heavy atom. The van der Waals surface area contributed by atoms with Crippen LogP contribution in [0.5, 0.6) is 0 Å². The van der Waals surface area contributed by atoms with Gasteiger partial charge in [-0.05, 0) is 38.8 Å². The maximum Gasteiger partial charge on any atom is 0.253 e. The highest BCUT2D eigenvalue weighted by atomic mass is 32.2. The predicted octanol–water partition coefficient (Wildman–Crippen LogP) is 1.95. The van der Waals surface area contributed by atoms with E-state index in [0.29, 0.717) is 10.8 Å². The van der Waals surface area contributed by atoms with E-state index in [1.807, 2.05) is 19.9 Å². The maximum absolute atomic E-state index is 12.7. The number of nitrogens with zero attached hydrogens (tertiary/aromatic N) is 1. The third kappa shape index (κ3) is 2.47. The van der Waals surface area contributed by atoms with Crippen molar-refractivity contribution in [2.75, 3.05) is 6.54 Å². The SMILES string of the molecule is Cc1ccc(S(=O)(=O)N2C(C)CCCC2CN)s1. The summed E-state index contributed by atoms with van der Waals surface area (Å²) in [6.07, 6.45) is 2.84. The summed E-state index contributed by atoms with van der Waals surface area (Å²) >= 11 is 1.33. The van der Waals surface area contributed by atoms with Crippen molar-refractivity contribution in [3.05, 3.63) is 17.0 Å². The molecule has 4 nitrogen and oxygen atoms in total. The molecule has 0 radical (unpaired) electrons. The summed E-state index contributed by atoms with van der Waals surface area (Å²) < 4.78 is 27.4. The zero-order valence-electron chi connectivity index (χ0n) is 10.8. The lowest BCUT2D eigenvalue weighted by Gasteiger charge is -2.38. The molecule has 1 fully saturated rings. The van der Waals surface area contributed by atoms with Crippen LogP contribution in [-0.2, 0) is 10.0 Å². The largest absolute Gasteiger partial charge is 0.329 e. The molecule has 1 saturated heterocycles. The lowest BCUT2D eigenvalue weighted by molar-refractivity contribution is 0.196. The quantitative estimate of drug-likeness (QED) is 0.924. The topological polar surface area (TPSA) is 63.4 Å². The van der Waals surface area contributed by atoms with E-state index in [2.05, 4.69) is 0 Å². The van der Waals surface area contributed by atoms with Crippen LogP contribution < -0.4 is 5.73 Å². The first-order chi connectivity index (χ1) is 8.46. The van der Waals surface area contributed by atoms with Crippen molar-refractivity contribution in [3.63, 3.8) is 0 Å². The van der Waals surface area contributed by atoms with Gasteiger partial charge in [-0.1, -0.05) is 6.42 Å². The van der Waals surface area contributed by atoms with Crippen molar-refractivity contribution in [2.45, 2.75) is 49.4 Å². The lowest BCUT2D eigenvalue weighted by Crippen LogP contribution is -2.51. The summed E-state index contributed by atoms with van der Waals surface area (Å²) in [7, 11) is -3.38. The Balaban J connectivity index is 2.38. The van der Waals surface area contributed by atoms with Crippen molar-refractivity contribution in [1.82, 2.24) is 4.31 Å². The fourth-order valence-corrected chi connectivity index (χ4v) is 5.85. The van der Waals surface area contributed by atoms with Crippen LogP contribution in [0.2, 0.25) is 0 Å². The Hall–Kier alpha value is -0.430. The minimum absolute atomic E-state index is 0.0414. The molecule has 2 atom stereocenters. The number of sulfonamides is 1. The van der Waals surface area contributed by atoms with Gasteiger partial charge >= 0.3 is 0 Å². The van der Waals surface area contributed by atoms with E-state index >= 15 is 0 Å². The number of hydrogen-bond donors (Lipinski definition) is 1. The second-order valence-corrected chi connectivity index (χ2v) is 8.23. The first-order valence-corrected chi connectivity index (χ1v) is 8.52. The fraction of sp³-hybridized carbons (Fsp3) is 0.667. The maximum atomic E-state index is 12.7. The van der Waals surface area contributed by atoms with Gasteiger partial charge in [0.1, 0.15) is 4.21 Å². The number of hydrogen-bond acceptors (Lipinski definition) is 4. The molecule has 1 aliphatic heterocycles. The number of nitrogens with two attached hydrogens (primary N) is 1. The average Bonchev–Trinajstić information content (AvgIpc) is 2.75. The molecule has 2 N–H and O–H groups in total. The van der Waals surface area contributed by atoms with Gasteiger partial charge in [-0.2, -0.15) is 4.31 Å². The Kier molecular flexibility index (Phi) is 4.11. The van der Waals surface area contributed by atoms with Crippen molar-refractivity contribution < 1.29 is 8.42 Å². The molecule has 0 amide bonds. The molecule has 0 aliphatic carbocycles. The molecule has 1 aromatic rings. The van der Waals surface area contributed by atoms with Gasteiger partial charge in [-0.15, -0.1) is 11.3 Å². The molecule has 0 spiro atoms. The Bertz CT molecular complexity index is 510. The second kappa shape index (κ2) is 5.28. The first-order valence-electron chi connectivity index (χ1n) is 6.27. The van der Waals surface area contributed by atoms with Gasteiger partial charge in [-0.25, -0.2) is 8.42 Å². The standard InChI is InChI=1S/C12H20N2O2S2/c1-9-4-3-5-11(8-13)14(9)18(15,16)12-7-6-10(2)17-12/h6-7,9,11H,3-5,8,13H2,1-2H3. The highest BCUT2D eigenvalue weighted by Crippen LogP contribution is 2.32. The predicted molar refractivity (Wildman–Crippen MR) is 74.2 cm³/mol. The molecule has 0 aromatic carbocycles. The van der Waals surface area contributed by atoms with E-state index < -0.39 is 10.0 Å². The molecule has 2 unspecified atom stereocenters. The highest BCUT2D eigenvalue weighted by Gasteiger charge is 2.37. The van der Waals surface area contributed by atoms with Gasteiger partial charge in [0.25, 0.3) is 10.0 Å². The lowest BCUT2D eigenvalue weighted by atomic mass is 10.00. The van der Waals surface area contributed by atoms with Gasteiger partial charge in [0, 0.05) is 23.5 Å². The number of piperidine rings is 1. The Morgan fingerprint density at radius 2 is 2.17 bits per heavy atom. The van der Waals surface area contributed by atoms with Crippen LogP contribution in [0, 0.1) is 6.92 Å². The van der Waals surface area contributed by atoms with Gasteiger partial charge in [0.05, 0.1) is 0 Å². The first kappa shape index (κ1) is 14.0. The van der Waals surface area contributed by atoms with Crippen molar-refractivity contribution in [1.29, 1.82) is 0 Å². The normalized spacial score (nSPS) is 26.4. The van der Waals surface area contributed by atoms with Crippen molar-refractivity contribution >= 4 is 21.4 Å². The molecule has 18 heavy (non-hydrogen) atoms. The van der Waals surface area contributed by atoms with Gasteiger partial charge < -0.3 is 5.73 Å². The molecular weight excluding hydrogens is 268 g/mol. The third-order valence-corrected chi connectivity index (χ3v) is 7.01. The average molecular weight is 288 g/mol. The number of aryl methyl sites for hydroxylation is 1. The molecule has 2 heterocycles.